The SMILES string of the molecule is OCC1(C[C@H]2CCCCO2)CCN(CCCn2cccn2)CC1. The van der Waals surface area contributed by atoms with Crippen molar-refractivity contribution in [3.8, 4) is 0 Å². The van der Waals surface area contributed by atoms with Crippen LogP contribution in [-0.4, -0.2) is 58.7 Å². The maximum absolute atomic E-state index is 9.97. The molecule has 0 amide bonds. The van der Waals surface area contributed by atoms with Gasteiger partial charge in [0.2, 0.25) is 0 Å². The van der Waals surface area contributed by atoms with Crippen molar-refractivity contribution in [2.24, 2.45) is 5.41 Å². The lowest BCUT2D eigenvalue weighted by Gasteiger charge is -2.43. The maximum Gasteiger partial charge on any atom is 0.0581 e. The molecule has 1 aromatic heterocycles. The standard InChI is InChI=1S/C18H31N3O2/c22-16-18(15-17-5-1-2-14-23-17)6-12-20(13-7-18)9-4-11-21-10-3-8-19-21/h3,8,10,17,22H,1-2,4-7,9,11-16H2/t17-/m1/s1. The number of nitrogens with zero attached hydrogens (tertiary/aromatic N) is 3. The molecule has 5 heteroatoms. The van der Waals surface area contributed by atoms with Crippen LogP contribution in [0.4, 0.5) is 0 Å². The summed E-state index contributed by atoms with van der Waals surface area (Å²) in [5.74, 6) is 0. The molecule has 130 valence electrons. The van der Waals surface area contributed by atoms with E-state index in [1.807, 2.05) is 23.1 Å². The Kier molecular flexibility index (Phi) is 6.08. The summed E-state index contributed by atoms with van der Waals surface area (Å²) in [6, 6.07) is 1.98. The molecule has 2 aliphatic rings. The Morgan fingerprint density at radius 1 is 1.22 bits per heavy atom. The second-order valence-electron chi connectivity index (χ2n) is 7.32. The van der Waals surface area contributed by atoms with Gasteiger partial charge in [-0.05, 0) is 76.1 Å². The zero-order chi connectivity index (χ0) is 16.0. The Bertz CT molecular complexity index is 435. The molecular weight excluding hydrogens is 290 g/mol. The lowest BCUT2D eigenvalue weighted by molar-refractivity contribution is -0.0480. The first-order valence-corrected chi connectivity index (χ1v) is 9.22. The number of aliphatic hydroxyl groups is 1. The third-order valence-electron chi connectivity index (χ3n) is 5.61. The summed E-state index contributed by atoms with van der Waals surface area (Å²) < 4.78 is 7.91. The summed E-state index contributed by atoms with van der Waals surface area (Å²) in [7, 11) is 0. The topological polar surface area (TPSA) is 50.5 Å². The molecule has 2 fully saturated rings. The second kappa shape index (κ2) is 8.27. The van der Waals surface area contributed by atoms with Crippen LogP contribution in [0.3, 0.4) is 0 Å². The molecular formula is C18H31N3O2. The van der Waals surface area contributed by atoms with Gasteiger partial charge in [0.05, 0.1) is 6.10 Å². The van der Waals surface area contributed by atoms with E-state index in [4.69, 9.17) is 4.74 Å². The summed E-state index contributed by atoms with van der Waals surface area (Å²) in [4.78, 5) is 2.54. The van der Waals surface area contributed by atoms with E-state index in [2.05, 4.69) is 10.00 Å². The summed E-state index contributed by atoms with van der Waals surface area (Å²) in [6.45, 7) is 5.55. The quantitative estimate of drug-likeness (QED) is 0.837. The molecule has 1 aromatic rings. The van der Waals surface area contributed by atoms with Crippen LogP contribution in [0.1, 0.15) is 44.9 Å². The zero-order valence-corrected chi connectivity index (χ0v) is 14.2. The molecule has 0 saturated carbocycles. The molecule has 0 unspecified atom stereocenters. The molecule has 2 aliphatic heterocycles. The van der Waals surface area contributed by atoms with Crippen LogP contribution >= 0.6 is 0 Å². The molecule has 3 heterocycles. The van der Waals surface area contributed by atoms with Crippen LogP contribution in [0, 0.1) is 5.41 Å². The third-order valence-corrected chi connectivity index (χ3v) is 5.61. The van der Waals surface area contributed by atoms with Gasteiger partial charge in [0, 0.05) is 32.2 Å². The van der Waals surface area contributed by atoms with E-state index in [1.54, 1.807) is 0 Å². The predicted molar refractivity (Wildman–Crippen MR) is 90.2 cm³/mol. The number of likely N-dealkylation sites (tertiary alicyclic amines) is 1. The van der Waals surface area contributed by atoms with Crippen molar-refractivity contribution >= 4 is 0 Å². The largest absolute Gasteiger partial charge is 0.396 e. The number of rotatable bonds is 7. The lowest BCUT2D eigenvalue weighted by atomic mass is 9.74. The molecule has 0 aromatic carbocycles. The number of aryl methyl sites for hydroxylation is 1. The number of hydrogen-bond donors (Lipinski definition) is 1. The molecule has 23 heavy (non-hydrogen) atoms. The summed E-state index contributed by atoms with van der Waals surface area (Å²) in [5.41, 5.74) is 0.0977. The highest BCUT2D eigenvalue weighted by Crippen LogP contribution is 2.38. The van der Waals surface area contributed by atoms with Crippen LogP contribution in [0.5, 0.6) is 0 Å². The van der Waals surface area contributed by atoms with Crippen LogP contribution in [0.25, 0.3) is 0 Å². The van der Waals surface area contributed by atoms with Gasteiger partial charge in [-0.25, -0.2) is 0 Å². The van der Waals surface area contributed by atoms with Gasteiger partial charge in [0.1, 0.15) is 0 Å². The Labute approximate surface area is 139 Å². The predicted octanol–water partition coefficient (Wildman–Crippen LogP) is 2.31. The van der Waals surface area contributed by atoms with Crippen LogP contribution in [0.15, 0.2) is 18.5 Å². The first-order valence-electron chi connectivity index (χ1n) is 9.22. The van der Waals surface area contributed by atoms with E-state index in [9.17, 15) is 5.11 Å². The summed E-state index contributed by atoms with van der Waals surface area (Å²) in [6.07, 6.45) is 12.3. The van der Waals surface area contributed by atoms with E-state index < -0.39 is 0 Å². The number of hydrogen-bond acceptors (Lipinski definition) is 4. The van der Waals surface area contributed by atoms with E-state index in [-0.39, 0.29) is 5.41 Å². The Hall–Kier alpha value is -0.910. The minimum atomic E-state index is 0.0977. The number of aliphatic hydroxyl groups excluding tert-OH is 1. The molecule has 0 radical (unpaired) electrons. The van der Waals surface area contributed by atoms with Crippen LogP contribution in [-0.2, 0) is 11.3 Å². The minimum Gasteiger partial charge on any atom is -0.396 e. The van der Waals surface area contributed by atoms with Gasteiger partial charge in [0.15, 0.2) is 0 Å². The van der Waals surface area contributed by atoms with Crippen LogP contribution < -0.4 is 0 Å². The Balaban J connectivity index is 1.40. The molecule has 5 nitrogen and oxygen atoms in total. The minimum absolute atomic E-state index is 0.0977. The molecule has 3 rings (SSSR count). The van der Waals surface area contributed by atoms with E-state index in [1.165, 1.54) is 19.3 Å². The van der Waals surface area contributed by atoms with Crippen molar-refractivity contribution in [1.82, 2.24) is 14.7 Å². The average molecular weight is 321 g/mol. The number of aromatic nitrogens is 2. The summed E-state index contributed by atoms with van der Waals surface area (Å²) in [5, 5.41) is 14.2. The van der Waals surface area contributed by atoms with Gasteiger partial charge in [-0.3, -0.25) is 4.68 Å². The Morgan fingerprint density at radius 3 is 2.74 bits per heavy atom. The monoisotopic (exact) mass is 321 g/mol. The van der Waals surface area contributed by atoms with Crippen molar-refractivity contribution in [3.05, 3.63) is 18.5 Å². The first kappa shape index (κ1) is 16.9. The highest BCUT2D eigenvalue weighted by molar-refractivity contribution is 4.88. The zero-order valence-electron chi connectivity index (χ0n) is 14.2. The fourth-order valence-corrected chi connectivity index (χ4v) is 4.02. The number of piperidine rings is 1. The van der Waals surface area contributed by atoms with E-state index in [0.717, 1.165) is 58.5 Å². The summed E-state index contributed by atoms with van der Waals surface area (Å²) >= 11 is 0. The highest BCUT2D eigenvalue weighted by Gasteiger charge is 2.36. The van der Waals surface area contributed by atoms with Gasteiger partial charge in [-0.1, -0.05) is 0 Å². The first-order chi connectivity index (χ1) is 11.3. The van der Waals surface area contributed by atoms with Gasteiger partial charge in [-0.2, -0.15) is 5.10 Å². The molecule has 0 bridgehead atoms. The van der Waals surface area contributed by atoms with Gasteiger partial charge < -0.3 is 14.7 Å². The lowest BCUT2D eigenvalue weighted by Crippen LogP contribution is -2.44. The fraction of sp³-hybridized carbons (Fsp3) is 0.833. The average Bonchev–Trinajstić information content (AvgIpc) is 3.11. The van der Waals surface area contributed by atoms with Crippen molar-refractivity contribution in [1.29, 1.82) is 0 Å². The third kappa shape index (κ3) is 4.78. The molecule has 0 aliphatic carbocycles. The smallest absolute Gasteiger partial charge is 0.0581 e. The number of ether oxygens (including phenoxy) is 1. The molecule has 0 spiro atoms. The normalized spacial score (nSPS) is 25.5. The van der Waals surface area contributed by atoms with Crippen LogP contribution in [0.2, 0.25) is 0 Å². The van der Waals surface area contributed by atoms with Gasteiger partial charge >= 0.3 is 0 Å². The Morgan fingerprint density at radius 2 is 2.09 bits per heavy atom. The van der Waals surface area contributed by atoms with Crippen molar-refractivity contribution in [2.75, 3.05) is 32.8 Å². The maximum atomic E-state index is 9.97. The van der Waals surface area contributed by atoms with Crippen molar-refractivity contribution < 1.29 is 9.84 Å². The second-order valence-corrected chi connectivity index (χ2v) is 7.32. The van der Waals surface area contributed by atoms with Crippen molar-refractivity contribution in [3.63, 3.8) is 0 Å². The van der Waals surface area contributed by atoms with E-state index >= 15 is 0 Å². The van der Waals surface area contributed by atoms with Gasteiger partial charge in [-0.15, -0.1) is 0 Å². The van der Waals surface area contributed by atoms with E-state index in [0.29, 0.717) is 12.7 Å². The molecule has 1 atom stereocenters. The molecule has 1 N–H and O–H groups in total. The fourth-order valence-electron chi connectivity index (χ4n) is 4.02. The molecule has 2 saturated heterocycles. The van der Waals surface area contributed by atoms with Crippen molar-refractivity contribution in [2.45, 2.75) is 57.6 Å². The van der Waals surface area contributed by atoms with Gasteiger partial charge in [0.25, 0.3) is 0 Å². The highest BCUT2D eigenvalue weighted by atomic mass is 16.5.